The number of esters is 1. The van der Waals surface area contributed by atoms with Crippen LogP contribution < -0.4 is 5.43 Å². The average Bonchev–Trinajstić information content (AvgIpc) is 2.16. The van der Waals surface area contributed by atoms with Crippen LogP contribution in [0, 0.1) is 5.95 Å². The fourth-order valence-electron chi connectivity index (χ4n) is 0.980. The highest BCUT2D eigenvalue weighted by Gasteiger charge is 2.23. The number of ether oxygens (including phenoxy) is 1. The summed E-state index contributed by atoms with van der Waals surface area (Å²) in [6, 6.07) is 0. The van der Waals surface area contributed by atoms with Gasteiger partial charge in [0.15, 0.2) is 0 Å². The van der Waals surface area contributed by atoms with Gasteiger partial charge in [0.25, 0.3) is 6.43 Å². The molecule has 0 amide bonds. The molecule has 0 aliphatic rings. The summed E-state index contributed by atoms with van der Waals surface area (Å²) in [5, 5.41) is 0. The number of H-pyrrole nitrogens is 1. The Labute approximate surface area is 81.7 Å². The van der Waals surface area contributed by atoms with Gasteiger partial charge in [0, 0.05) is 6.20 Å². The first-order valence-corrected chi connectivity index (χ1v) is 3.76. The summed E-state index contributed by atoms with van der Waals surface area (Å²) >= 11 is 0. The Bertz CT molecular complexity index is 441. The summed E-state index contributed by atoms with van der Waals surface area (Å²) in [5.74, 6) is -2.55. The molecule has 82 valence electrons. The number of carbonyl (C=O) groups excluding carboxylic acids is 1. The third-order valence-corrected chi connectivity index (χ3v) is 1.69. The molecule has 7 heteroatoms. The van der Waals surface area contributed by atoms with E-state index < -0.39 is 34.9 Å². The summed E-state index contributed by atoms with van der Waals surface area (Å²) in [5.41, 5.74) is -3.39. The summed E-state index contributed by atoms with van der Waals surface area (Å²) in [4.78, 5) is 23.9. The number of aromatic amines is 1. The minimum Gasteiger partial charge on any atom is -0.465 e. The molecule has 0 bridgehead atoms. The van der Waals surface area contributed by atoms with Crippen molar-refractivity contribution in [2.24, 2.45) is 0 Å². The highest BCUT2D eigenvalue weighted by Crippen LogP contribution is 2.17. The minimum absolute atomic E-state index is 0.658. The number of halogens is 3. The number of hydrogen-bond donors (Lipinski definition) is 1. The Morgan fingerprint density at radius 2 is 2.13 bits per heavy atom. The lowest BCUT2D eigenvalue weighted by Crippen LogP contribution is -2.22. The molecule has 1 rings (SSSR count). The normalized spacial score (nSPS) is 10.5. The van der Waals surface area contributed by atoms with Crippen molar-refractivity contribution in [2.45, 2.75) is 6.43 Å². The second-order valence-corrected chi connectivity index (χ2v) is 2.55. The quantitative estimate of drug-likeness (QED) is 0.603. The Kier molecular flexibility index (Phi) is 3.13. The number of pyridine rings is 1. The molecule has 0 spiro atoms. The first-order chi connectivity index (χ1) is 6.99. The maximum atomic E-state index is 12.8. The lowest BCUT2D eigenvalue weighted by atomic mass is 10.2. The van der Waals surface area contributed by atoms with Gasteiger partial charge < -0.3 is 9.72 Å². The summed E-state index contributed by atoms with van der Waals surface area (Å²) in [6.45, 7) is 0. The van der Waals surface area contributed by atoms with Crippen LogP contribution in [-0.2, 0) is 4.74 Å². The molecular formula is C8H6F3NO3. The van der Waals surface area contributed by atoms with Crippen LogP contribution in [0.3, 0.4) is 0 Å². The van der Waals surface area contributed by atoms with Crippen molar-refractivity contribution in [3.05, 3.63) is 33.5 Å². The SMILES string of the molecule is COC(=O)c1c[nH]c(F)c(C(F)F)c1=O. The Balaban J connectivity index is 3.42. The molecule has 0 radical (unpaired) electrons. The maximum Gasteiger partial charge on any atom is 0.343 e. The van der Waals surface area contributed by atoms with Gasteiger partial charge in [-0.25, -0.2) is 13.6 Å². The van der Waals surface area contributed by atoms with Crippen molar-refractivity contribution in [1.29, 1.82) is 0 Å². The maximum absolute atomic E-state index is 12.8. The molecule has 1 aromatic heterocycles. The van der Waals surface area contributed by atoms with E-state index in [1.807, 2.05) is 0 Å². The van der Waals surface area contributed by atoms with Crippen molar-refractivity contribution in [1.82, 2.24) is 4.98 Å². The van der Waals surface area contributed by atoms with Crippen LogP contribution in [0.15, 0.2) is 11.0 Å². The molecule has 0 atom stereocenters. The molecule has 0 aliphatic heterocycles. The van der Waals surface area contributed by atoms with Crippen molar-refractivity contribution in [2.75, 3.05) is 7.11 Å². The molecule has 15 heavy (non-hydrogen) atoms. The van der Waals surface area contributed by atoms with Gasteiger partial charge in [-0.05, 0) is 0 Å². The van der Waals surface area contributed by atoms with Crippen molar-refractivity contribution < 1.29 is 22.7 Å². The highest BCUT2D eigenvalue weighted by atomic mass is 19.3. The molecular weight excluding hydrogens is 215 g/mol. The second-order valence-electron chi connectivity index (χ2n) is 2.55. The third-order valence-electron chi connectivity index (χ3n) is 1.69. The molecule has 0 aromatic carbocycles. The molecule has 1 heterocycles. The molecule has 0 aliphatic carbocycles. The molecule has 0 saturated heterocycles. The largest absolute Gasteiger partial charge is 0.465 e. The number of aromatic nitrogens is 1. The summed E-state index contributed by atoms with van der Waals surface area (Å²) < 4.78 is 41.4. The topological polar surface area (TPSA) is 59.2 Å². The zero-order valence-corrected chi connectivity index (χ0v) is 7.51. The van der Waals surface area contributed by atoms with Crippen molar-refractivity contribution in [3.8, 4) is 0 Å². The molecule has 0 fully saturated rings. The van der Waals surface area contributed by atoms with E-state index in [0.29, 0.717) is 6.20 Å². The van der Waals surface area contributed by atoms with Crippen LogP contribution in [0.2, 0.25) is 0 Å². The molecule has 1 N–H and O–H groups in total. The number of nitrogens with one attached hydrogen (secondary N) is 1. The van der Waals surface area contributed by atoms with E-state index in [1.165, 1.54) is 0 Å². The standard InChI is InChI=1S/C8H6F3NO3/c1-15-8(14)3-2-12-7(11)4(5(3)13)6(9)10/h2,6H,1H3,(H,12,13). The number of carbonyl (C=O) groups is 1. The molecule has 0 unspecified atom stereocenters. The third kappa shape index (κ3) is 2.00. The van der Waals surface area contributed by atoms with Gasteiger partial charge in [0.1, 0.15) is 11.1 Å². The molecule has 4 nitrogen and oxygen atoms in total. The van der Waals surface area contributed by atoms with Crippen LogP contribution in [0.5, 0.6) is 0 Å². The second kappa shape index (κ2) is 4.16. The van der Waals surface area contributed by atoms with Gasteiger partial charge in [0.2, 0.25) is 11.4 Å². The first-order valence-electron chi connectivity index (χ1n) is 3.76. The van der Waals surface area contributed by atoms with Gasteiger partial charge in [-0.15, -0.1) is 0 Å². The van der Waals surface area contributed by atoms with Crippen LogP contribution in [0.1, 0.15) is 22.3 Å². The smallest absolute Gasteiger partial charge is 0.343 e. The number of rotatable bonds is 2. The Morgan fingerprint density at radius 1 is 1.53 bits per heavy atom. The van der Waals surface area contributed by atoms with E-state index in [1.54, 1.807) is 4.98 Å². The number of hydrogen-bond acceptors (Lipinski definition) is 3. The van der Waals surface area contributed by atoms with Gasteiger partial charge >= 0.3 is 5.97 Å². The molecule has 0 saturated carbocycles. The average molecular weight is 221 g/mol. The molecule has 1 aromatic rings. The summed E-state index contributed by atoms with van der Waals surface area (Å²) in [6.07, 6.45) is -2.60. The van der Waals surface area contributed by atoms with Gasteiger partial charge in [0.05, 0.1) is 7.11 Å². The van der Waals surface area contributed by atoms with Crippen LogP contribution >= 0.6 is 0 Å². The van der Waals surface area contributed by atoms with E-state index in [2.05, 4.69) is 4.74 Å². The Hall–Kier alpha value is -1.79. The van der Waals surface area contributed by atoms with Crippen LogP contribution in [0.4, 0.5) is 13.2 Å². The van der Waals surface area contributed by atoms with E-state index in [9.17, 15) is 22.8 Å². The lowest BCUT2D eigenvalue weighted by Gasteiger charge is -2.03. The summed E-state index contributed by atoms with van der Waals surface area (Å²) in [7, 11) is 0.979. The zero-order valence-electron chi connectivity index (χ0n) is 7.51. The first kappa shape index (κ1) is 11.3. The predicted molar refractivity (Wildman–Crippen MR) is 43.3 cm³/mol. The van der Waals surface area contributed by atoms with Gasteiger partial charge in [-0.3, -0.25) is 4.79 Å². The van der Waals surface area contributed by atoms with Crippen LogP contribution in [0.25, 0.3) is 0 Å². The number of methoxy groups -OCH3 is 1. The monoisotopic (exact) mass is 221 g/mol. The van der Waals surface area contributed by atoms with Crippen molar-refractivity contribution in [3.63, 3.8) is 0 Å². The fourth-order valence-corrected chi connectivity index (χ4v) is 0.980. The van der Waals surface area contributed by atoms with Gasteiger partial charge in [-0.1, -0.05) is 0 Å². The van der Waals surface area contributed by atoms with Crippen LogP contribution in [-0.4, -0.2) is 18.1 Å². The van der Waals surface area contributed by atoms with Crippen molar-refractivity contribution >= 4 is 5.97 Å². The van der Waals surface area contributed by atoms with E-state index in [0.717, 1.165) is 7.11 Å². The zero-order chi connectivity index (χ0) is 11.6. The van der Waals surface area contributed by atoms with E-state index in [-0.39, 0.29) is 0 Å². The lowest BCUT2D eigenvalue weighted by molar-refractivity contribution is 0.0597. The minimum atomic E-state index is -3.29. The van der Waals surface area contributed by atoms with E-state index in [4.69, 9.17) is 0 Å². The predicted octanol–water partition coefficient (Wildman–Crippen LogP) is 1.24. The fraction of sp³-hybridized carbons (Fsp3) is 0.250. The Morgan fingerprint density at radius 3 is 2.60 bits per heavy atom. The number of alkyl halides is 2. The van der Waals surface area contributed by atoms with E-state index >= 15 is 0 Å². The van der Waals surface area contributed by atoms with Gasteiger partial charge in [-0.2, -0.15) is 4.39 Å². The highest BCUT2D eigenvalue weighted by molar-refractivity contribution is 5.88.